The topological polar surface area (TPSA) is 76.4 Å². The SMILES string of the molecule is CNC(=S)Nc1cc([N+](=O)[O-])ccc1OC. The summed E-state index contributed by atoms with van der Waals surface area (Å²) in [4.78, 5) is 10.1. The fourth-order valence-electron chi connectivity index (χ4n) is 1.09. The summed E-state index contributed by atoms with van der Waals surface area (Å²) in [5.74, 6) is 0.489. The van der Waals surface area contributed by atoms with Gasteiger partial charge in [-0.15, -0.1) is 0 Å². The van der Waals surface area contributed by atoms with Crippen LogP contribution in [-0.2, 0) is 0 Å². The summed E-state index contributed by atoms with van der Waals surface area (Å²) in [6, 6.07) is 4.24. The number of methoxy groups -OCH3 is 1. The van der Waals surface area contributed by atoms with E-state index < -0.39 is 4.92 Å². The maximum absolute atomic E-state index is 10.6. The van der Waals surface area contributed by atoms with Crippen LogP contribution in [0.5, 0.6) is 5.75 Å². The van der Waals surface area contributed by atoms with Crippen LogP contribution in [0.4, 0.5) is 11.4 Å². The number of anilines is 1. The number of nitro benzene ring substituents is 1. The largest absolute Gasteiger partial charge is 0.495 e. The van der Waals surface area contributed by atoms with Gasteiger partial charge in [0.2, 0.25) is 0 Å². The number of benzene rings is 1. The lowest BCUT2D eigenvalue weighted by molar-refractivity contribution is -0.384. The van der Waals surface area contributed by atoms with Crippen molar-refractivity contribution in [1.82, 2.24) is 5.32 Å². The monoisotopic (exact) mass is 241 g/mol. The Bertz CT molecular complexity index is 422. The summed E-state index contributed by atoms with van der Waals surface area (Å²) >= 11 is 4.91. The number of hydrogen-bond donors (Lipinski definition) is 2. The Morgan fingerprint density at radius 1 is 1.56 bits per heavy atom. The molecule has 1 aromatic carbocycles. The molecule has 0 aliphatic rings. The van der Waals surface area contributed by atoms with E-state index in [1.165, 1.54) is 25.3 Å². The maximum Gasteiger partial charge on any atom is 0.271 e. The summed E-state index contributed by atoms with van der Waals surface area (Å²) in [6.45, 7) is 0. The molecule has 0 aliphatic heterocycles. The van der Waals surface area contributed by atoms with Crippen molar-refractivity contribution in [3.05, 3.63) is 28.3 Å². The van der Waals surface area contributed by atoms with E-state index in [0.29, 0.717) is 16.5 Å². The standard InChI is InChI=1S/C9H11N3O3S/c1-10-9(16)11-7-5-6(12(13)14)3-4-8(7)15-2/h3-5H,1-2H3,(H2,10,11,16). The molecule has 0 amide bonds. The van der Waals surface area contributed by atoms with E-state index in [-0.39, 0.29) is 5.69 Å². The first-order valence-corrected chi connectivity index (χ1v) is 4.80. The molecule has 0 bridgehead atoms. The van der Waals surface area contributed by atoms with Crippen LogP contribution < -0.4 is 15.4 Å². The first-order valence-electron chi connectivity index (χ1n) is 4.39. The third-order valence-corrected chi connectivity index (χ3v) is 2.18. The highest BCUT2D eigenvalue weighted by atomic mass is 32.1. The Hall–Kier alpha value is -1.89. The summed E-state index contributed by atoms with van der Waals surface area (Å²) in [5, 5.41) is 16.5. The van der Waals surface area contributed by atoms with Crippen LogP contribution in [0.1, 0.15) is 0 Å². The van der Waals surface area contributed by atoms with Crippen molar-refractivity contribution >= 4 is 28.7 Å². The highest BCUT2D eigenvalue weighted by Gasteiger charge is 2.11. The van der Waals surface area contributed by atoms with Crippen LogP contribution in [-0.4, -0.2) is 24.2 Å². The Labute approximate surface area is 97.8 Å². The lowest BCUT2D eigenvalue weighted by Crippen LogP contribution is -2.24. The molecule has 0 aliphatic carbocycles. The van der Waals surface area contributed by atoms with Crippen molar-refractivity contribution < 1.29 is 9.66 Å². The average molecular weight is 241 g/mol. The molecule has 0 fully saturated rings. The molecule has 0 saturated heterocycles. The number of hydrogen-bond acceptors (Lipinski definition) is 4. The minimum atomic E-state index is -0.479. The molecule has 0 unspecified atom stereocenters. The van der Waals surface area contributed by atoms with Gasteiger partial charge in [0.05, 0.1) is 17.7 Å². The van der Waals surface area contributed by atoms with Crippen LogP contribution in [0.3, 0.4) is 0 Å². The number of nitrogens with zero attached hydrogens (tertiary/aromatic N) is 1. The van der Waals surface area contributed by atoms with E-state index in [2.05, 4.69) is 10.6 Å². The molecule has 1 rings (SSSR count). The van der Waals surface area contributed by atoms with Gasteiger partial charge in [0, 0.05) is 19.2 Å². The van der Waals surface area contributed by atoms with Gasteiger partial charge in [-0.25, -0.2) is 0 Å². The van der Waals surface area contributed by atoms with E-state index in [1.54, 1.807) is 7.05 Å². The van der Waals surface area contributed by atoms with Crippen LogP contribution >= 0.6 is 12.2 Å². The van der Waals surface area contributed by atoms with Gasteiger partial charge < -0.3 is 15.4 Å². The van der Waals surface area contributed by atoms with Gasteiger partial charge in [-0.3, -0.25) is 10.1 Å². The lowest BCUT2D eigenvalue weighted by Gasteiger charge is -2.10. The molecule has 0 saturated carbocycles. The van der Waals surface area contributed by atoms with E-state index in [1.807, 2.05) is 0 Å². The summed E-state index contributed by atoms with van der Waals surface area (Å²) in [6.07, 6.45) is 0. The maximum atomic E-state index is 10.6. The van der Waals surface area contributed by atoms with Crippen LogP contribution in [0, 0.1) is 10.1 Å². The van der Waals surface area contributed by atoms with E-state index >= 15 is 0 Å². The highest BCUT2D eigenvalue weighted by molar-refractivity contribution is 7.80. The Morgan fingerprint density at radius 3 is 2.75 bits per heavy atom. The van der Waals surface area contributed by atoms with Gasteiger partial charge in [-0.1, -0.05) is 0 Å². The van der Waals surface area contributed by atoms with Gasteiger partial charge in [-0.05, 0) is 18.3 Å². The Morgan fingerprint density at radius 2 is 2.25 bits per heavy atom. The fraction of sp³-hybridized carbons (Fsp3) is 0.222. The normalized spacial score (nSPS) is 9.38. The lowest BCUT2D eigenvalue weighted by atomic mass is 10.2. The number of ether oxygens (including phenoxy) is 1. The summed E-state index contributed by atoms with van der Waals surface area (Å²) < 4.78 is 5.05. The van der Waals surface area contributed by atoms with Crippen molar-refractivity contribution in [3.63, 3.8) is 0 Å². The molecule has 0 radical (unpaired) electrons. The molecule has 6 nitrogen and oxygen atoms in total. The van der Waals surface area contributed by atoms with Gasteiger partial charge in [0.1, 0.15) is 5.75 Å². The van der Waals surface area contributed by atoms with Crippen LogP contribution in [0.25, 0.3) is 0 Å². The number of nitro groups is 1. The smallest absolute Gasteiger partial charge is 0.271 e. The van der Waals surface area contributed by atoms with Gasteiger partial charge >= 0.3 is 0 Å². The predicted molar refractivity (Wildman–Crippen MR) is 64.9 cm³/mol. The third-order valence-electron chi connectivity index (χ3n) is 1.87. The van der Waals surface area contributed by atoms with Crippen LogP contribution in [0.2, 0.25) is 0 Å². The zero-order chi connectivity index (χ0) is 12.1. The zero-order valence-electron chi connectivity index (χ0n) is 8.81. The molecular weight excluding hydrogens is 230 g/mol. The molecule has 7 heteroatoms. The van der Waals surface area contributed by atoms with Crippen molar-refractivity contribution in [3.8, 4) is 5.75 Å². The minimum Gasteiger partial charge on any atom is -0.495 e. The predicted octanol–water partition coefficient (Wildman–Crippen LogP) is 1.52. The van der Waals surface area contributed by atoms with Gasteiger partial charge in [0.25, 0.3) is 5.69 Å². The molecule has 86 valence electrons. The number of nitrogens with one attached hydrogen (secondary N) is 2. The Kier molecular flexibility index (Phi) is 4.01. The molecular formula is C9H11N3O3S. The molecule has 0 spiro atoms. The molecule has 1 aromatic rings. The second kappa shape index (κ2) is 5.26. The number of non-ortho nitro benzene ring substituents is 1. The summed E-state index contributed by atoms with van der Waals surface area (Å²) in [5.41, 5.74) is 0.429. The second-order valence-electron chi connectivity index (χ2n) is 2.85. The van der Waals surface area contributed by atoms with Crippen molar-refractivity contribution in [2.75, 3.05) is 19.5 Å². The zero-order valence-corrected chi connectivity index (χ0v) is 9.63. The molecule has 0 heterocycles. The Balaban J connectivity index is 3.06. The molecule has 16 heavy (non-hydrogen) atoms. The van der Waals surface area contributed by atoms with E-state index in [4.69, 9.17) is 17.0 Å². The average Bonchev–Trinajstić information content (AvgIpc) is 2.28. The van der Waals surface area contributed by atoms with Crippen molar-refractivity contribution in [2.45, 2.75) is 0 Å². The number of rotatable bonds is 3. The van der Waals surface area contributed by atoms with Crippen molar-refractivity contribution in [1.29, 1.82) is 0 Å². The first kappa shape index (κ1) is 12.2. The fourth-order valence-corrected chi connectivity index (χ4v) is 1.20. The summed E-state index contributed by atoms with van der Waals surface area (Å²) in [7, 11) is 3.13. The quantitative estimate of drug-likeness (QED) is 0.474. The molecule has 0 aromatic heterocycles. The minimum absolute atomic E-state index is 0.0257. The van der Waals surface area contributed by atoms with Gasteiger partial charge in [-0.2, -0.15) is 0 Å². The van der Waals surface area contributed by atoms with E-state index in [9.17, 15) is 10.1 Å². The highest BCUT2D eigenvalue weighted by Crippen LogP contribution is 2.28. The molecule has 2 N–H and O–H groups in total. The first-order chi connectivity index (χ1) is 7.58. The van der Waals surface area contributed by atoms with Crippen molar-refractivity contribution in [2.24, 2.45) is 0 Å². The molecule has 0 atom stereocenters. The number of thiocarbonyl (C=S) groups is 1. The van der Waals surface area contributed by atoms with Crippen LogP contribution in [0.15, 0.2) is 18.2 Å². The third kappa shape index (κ3) is 2.80. The van der Waals surface area contributed by atoms with E-state index in [0.717, 1.165) is 0 Å². The van der Waals surface area contributed by atoms with Gasteiger partial charge in [0.15, 0.2) is 5.11 Å². The second-order valence-corrected chi connectivity index (χ2v) is 3.25.